The topological polar surface area (TPSA) is 39.7 Å². The van der Waals surface area contributed by atoms with Crippen LogP contribution in [0, 0.1) is 12.8 Å². The molecule has 0 aromatic heterocycles. The van der Waals surface area contributed by atoms with E-state index in [4.69, 9.17) is 14.5 Å². The zero-order valence-electron chi connectivity index (χ0n) is 18.0. The van der Waals surface area contributed by atoms with Crippen molar-refractivity contribution in [3.63, 3.8) is 0 Å². The van der Waals surface area contributed by atoms with Crippen molar-refractivity contribution in [1.82, 2.24) is 0 Å². The van der Waals surface area contributed by atoms with E-state index in [-0.39, 0.29) is 5.60 Å². The Morgan fingerprint density at radius 1 is 0.968 bits per heavy atom. The van der Waals surface area contributed by atoms with Crippen molar-refractivity contribution in [2.24, 2.45) is 5.92 Å². The lowest BCUT2D eigenvalue weighted by Crippen LogP contribution is -2.49. The van der Waals surface area contributed by atoms with E-state index in [1.807, 2.05) is 12.1 Å². The van der Waals surface area contributed by atoms with Gasteiger partial charge in [-0.1, -0.05) is 60.7 Å². The quantitative estimate of drug-likeness (QED) is 0.496. The molecule has 1 heterocycles. The molecule has 1 N–H and O–H groups in total. The standard InChI is InChI=1S/C27H29NO3/c1-19-7-11-25(12-8-19)28-26-29-18-27(31-30-26)15-13-21(14-16-27)20(2)23-10-9-22-5-3-4-6-24(22)17-23/h3-12,17,21,26,28H,2,13-16,18H2,1H3. The summed E-state index contributed by atoms with van der Waals surface area (Å²) in [4.78, 5) is 11.5. The Balaban J connectivity index is 1.16. The average molecular weight is 416 g/mol. The summed E-state index contributed by atoms with van der Waals surface area (Å²) >= 11 is 0. The van der Waals surface area contributed by atoms with Crippen molar-refractivity contribution in [2.45, 2.75) is 44.6 Å². The number of nitrogens with one attached hydrogen (secondary N) is 1. The number of rotatable bonds is 4. The summed E-state index contributed by atoms with van der Waals surface area (Å²) in [7, 11) is 0. The summed E-state index contributed by atoms with van der Waals surface area (Å²) in [5, 5.41) is 5.74. The number of hydrogen-bond donors (Lipinski definition) is 1. The fourth-order valence-corrected chi connectivity index (χ4v) is 4.62. The second-order valence-corrected chi connectivity index (χ2v) is 8.88. The smallest absolute Gasteiger partial charge is 0.268 e. The third kappa shape index (κ3) is 4.38. The first kappa shape index (κ1) is 20.3. The van der Waals surface area contributed by atoms with Gasteiger partial charge in [0.1, 0.15) is 5.60 Å². The third-order valence-electron chi connectivity index (χ3n) is 6.66. The fraction of sp³-hybridized carbons (Fsp3) is 0.333. The van der Waals surface area contributed by atoms with E-state index in [0.29, 0.717) is 12.5 Å². The second-order valence-electron chi connectivity index (χ2n) is 8.88. The monoisotopic (exact) mass is 415 g/mol. The number of ether oxygens (including phenoxy) is 1. The number of allylic oxidation sites excluding steroid dienone is 1. The van der Waals surface area contributed by atoms with E-state index in [9.17, 15) is 0 Å². The lowest BCUT2D eigenvalue weighted by molar-refractivity contribution is -0.468. The van der Waals surface area contributed by atoms with Gasteiger partial charge in [0.25, 0.3) is 6.41 Å². The van der Waals surface area contributed by atoms with Crippen molar-refractivity contribution in [3.05, 3.63) is 84.4 Å². The molecule has 3 aromatic carbocycles. The van der Waals surface area contributed by atoms with Gasteiger partial charge in [0, 0.05) is 5.69 Å². The Hall–Kier alpha value is -2.66. The number of benzene rings is 3. The maximum atomic E-state index is 5.95. The normalized spacial score (nSPS) is 26.1. The highest BCUT2D eigenvalue weighted by atomic mass is 17.2. The van der Waals surface area contributed by atoms with Crippen LogP contribution in [0.5, 0.6) is 0 Å². The number of anilines is 1. The molecule has 4 heteroatoms. The largest absolute Gasteiger partial charge is 0.335 e. The van der Waals surface area contributed by atoms with Gasteiger partial charge in [-0.2, -0.15) is 4.89 Å². The number of hydrogen-bond acceptors (Lipinski definition) is 4. The molecule has 1 aliphatic heterocycles. The van der Waals surface area contributed by atoms with Crippen molar-refractivity contribution >= 4 is 22.0 Å². The fourth-order valence-electron chi connectivity index (χ4n) is 4.62. The Morgan fingerprint density at radius 2 is 1.71 bits per heavy atom. The van der Waals surface area contributed by atoms with E-state index >= 15 is 0 Å². The van der Waals surface area contributed by atoms with Crippen LogP contribution in [-0.4, -0.2) is 18.6 Å². The van der Waals surface area contributed by atoms with Gasteiger partial charge >= 0.3 is 0 Å². The van der Waals surface area contributed by atoms with Gasteiger partial charge < -0.3 is 10.1 Å². The Morgan fingerprint density at radius 3 is 2.42 bits per heavy atom. The van der Waals surface area contributed by atoms with Gasteiger partial charge in [0.2, 0.25) is 0 Å². The highest BCUT2D eigenvalue weighted by Crippen LogP contribution is 2.42. The lowest BCUT2D eigenvalue weighted by atomic mass is 9.75. The summed E-state index contributed by atoms with van der Waals surface area (Å²) in [5.41, 5.74) is 4.26. The van der Waals surface area contributed by atoms with Gasteiger partial charge in [0.15, 0.2) is 0 Å². The molecule has 1 saturated carbocycles. The molecule has 1 atom stereocenters. The van der Waals surface area contributed by atoms with Crippen LogP contribution >= 0.6 is 0 Å². The first-order valence-corrected chi connectivity index (χ1v) is 11.1. The highest BCUT2D eigenvalue weighted by molar-refractivity contribution is 5.86. The van der Waals surface area contributed by atoms with Crippen LogP contribution in [0.2, 0.25) is 0 Å². The third-order valence-corrected chi connectivity index (χ3v) is 6.66. The molecule has 1 aliphatic carbocycles. The molecule has 160 valence electrons. The lowest BCUT2D eigenvalue weighted by Gasteiger charge is -2.43. The molecule has 0 bridgehead atoms. The summed E-state index contributed by atoms with van der Waals surface area (Å²) in [5.74, 6) is 0.457. The SMILES string of the molecule is C=C(c1ccc2ccccc2c1)C1CCC2(CC1)COC(Nc1ccc(C)cc1)OO2. The van der Waals surface area contributed by atoms with E-state index in [1.54, 1.807) is 0 Å². The summed E-state index contributed by atoms with van der Waals surface area (Å²) < 4.78 is 5.95. The molecule has 2 aliphatic rings. The molecule has 1 unspecified atom stereocenters. The minimum atomic E-state index is -0.585. The van der Waals surface area contributed by atoms with Crippen molar-refractivity contribution < 1.29 is 14.5 Å². The summed E-state index contributed by atoms with van der Waals surface area (Å²) in [6, 6.07) is 23.2. The van der Waals surface area contributed by atoms with Crippen LogP contribution in [0.4, 0.5) is 5.69 Å². The number of aryl methyl sites for hydroxylation is 1. The summed E-state index contributed by atoms with van der Waals surface area (Å²) in [6.45, 7) is 7.04. The predicted octanol–water partition coefficient (Wildman–Crippen LogP) is 6.46. The molecule has 2 fully saturated rings. The zero-order valence-corrected chi connectivity index (χ0v) is 18.0. The van der Waals surface area contributed by atoms with Crippen molar-refractivity contribution in [1.29, 1.82) is 0 Å². The van der Waals surface area contributed by atoms with Gasteiger partial charge in [-0.15, -0.1) is 0 Å². The van der Waals surface area contributed by atoms with Gasteiger partial charge in [-0.25, -0.2) is 4.89 Å². The predicted molar refractivity (Wildman–Crippen MR) is 124 cm³/mol. The molecule has 0 amide bonds. The van der Waals surface area contributed by atoms with Gasteiger partial charge in [-0.05, 0) is 78.6 Å². The molecule has 0 radical (unpaired) electrons. The van der Waals surface area contributed by atoms with E-state index in [0.717, 1.165) is 31.4 Å². The molecular weight excluding hydrogens is 386 g/mol. The van der Waals surface area contributed by atoms with Crippen LogP contribution in [0.25, 0.3) is 16.3 Å². The van der Waals surface area contributed by atoms with Crippen LogP contribution < -0.4 is 5.32 Å². The van der Waals surface area contributed by atoms with Crippen molar-refractivity contribution in [2.75, 3.05) is 11.9 Å². The molecule has 1 spiro atoms. The molecular formula is C27H29NO3. The first-order valence-electron chi connectivity index (χ1n) is 11.1. The van der Waals surface area contributed by atoms with Crippen LogP contribution in [0.1, 0.15) is 36.8 Å². The number of fused-ring (bicyclic) bond motifs is 1. The van der Waals surface area contributed by atoms with Crippen LogP contribution in [-0.2, 0) is 14.5 Å². The van der Waals surface area contributed by atoms with E-state index < -0.39 is 6.41 Å². The average Bonchev–Trinajstić information content (AvgIpc) is 2.82. The zero-order chi connectivity index (χ0) is 21.3. The Kier molecular flexibility index (Phi) is 5.53. The maximum absolute atomic E-state index is 5.95. The molecule has 4 nitrogen and oxygen atoms in total. The summed E-state index contributed by atoms with van der Waals surface area (Å²) in [6.07, 6.45) is 3.27. The highest BCUT2D eigenvalue weighted by Gasteiger charge is 2.42. The van der Waals surface area contributed by atoms with Gasteiger partial charge in [0.05, 0.1) is 6.61 Å². The van der Waals surface area contributed by atoms with Gasteiger partial charge in [-0.3, -0.25) is 0 Å². The second kappa shape index (κ2) is 8.46. The molecule has 31 heavy (non-hydrogen) atoms. The molecule has 3 aromatic rings. The van der Waals surface area contributed by atoms with E-state index in [2.05, 4.69) is 73.4 Å². The van der Waals surface area contributed by atoms with E-state index in [1.165, 1.54) is 27.5 Å². The first-order chi connectivity index (χ1) is 15.1. The molecule has 1 saturated heterocycles. The van der Waals surface area contributed by atoms with Crippen LogP contribution in [0.15, 0.2) is 73.3 Å². The van der Waals surface area contributed by atoms with Crippen molar-refractivity contribution in [3.8, 4) is 0 Å². The van der Waals surface area contributed by atoms with Crippen LogP contribution in [0.3, 0.4) is 0 Å². The minimum Gasteiger partial charge on any atom is -0.335 e. The molecule has 5 rings (SSSR count). The Bertz CT molecular complexity index is 1060. The maximum Gasteiger partial charge on any atom is 0.268 e. The Labute approximate surface area is 183 Å². The minimum absolute atomic E-state index is 0.356.